The van der Waals surface area contributed by atoms with Gasteiger partial charge in [-0.25, -0.2) is 0 Å². The second kappa shape index (κ2) is 6.55. The molecule has 1 amide bonds. The lowest BCUT2D eigenvalue weighted by molar-refractivity contribution is 0.0621. The van der Waals surface area contributed by atoms with E-state index >= 15 is 0 Å². The van der Waals surface area contributed by atoms with Crippen LogP contribution in [0.1, 0.15) is 23.2 Å². The molecule has 1 N–H and O–H groups in total. The van der Waals surface area contributed by atoms with Crippen LogP contribution in [0.3, 0.4) is 0 Å². The molecule has 0 radical (unpaired) electrons. The number of ether oxygens (including phenoxy) is 1. The highest BCUT2D eigenvalue weighted by Gasteiger charge is 2.35. The first-order valence-corrected chi connectivity index (χ1v) is 9.53. The van der Waals surface area contributed by atoms with Crippen molar-refractivity contribution >= 4 is 23.0 Å². The summed E-state index contributed by atoms with van der Waals surface area (Å²) >= 11 is 0. The Morgan fingerprint density at radius 1 is 1.15 bits per heavy atom. The molecule has 4 aliphatic heterocycles. The molecule has 4 fully saturated rings. The number of aromatic nitrogens is 1. The number of fused-ring (bicyclic) bond motifs is 4. The quantitative estimate of drug-likeness (QED) is 0.898. The van der Waals surface area contributed by atoms with E-state index in [2.05, 4.69) is 20.1 Å². The predicted octanol–water partition coefficient (Wildman–Crippen LogP) is 1.49. The summed E-state index contributed by atoms with van der Waals surface area (Å²) in [5.74, 6) is 0.556. The fraction of sp³-hybridized carbons (Fsp3) is 0.579. The fourth-order valence-electron chi connectivity index (χ4n) is 4.38. The number of anilines is 1. The summed E-state index contributed by atoms with van der Waals surface area (Å²) in [6.45, 7) is 6.15. The van der Waals surface area contributed by atoms with Gasteiger partial charge in [-0.3, -0.25) is 4.79 Å². The SMILES string of the molecule is O=C(NC1CN2CCC1CC2)c1cccc2oc(N3CCOCC3)nc12. The Hall–Kier alpha value is -2.12. The van der Waals surface area contributed by atoms with Crippen molar-refractivity contribution in [1.29, 1.82) is 0 Å². The molecule has 1 aromatic heterocycles. The molecule has 1 unspecified atom stereocenters. The van der Waals surface area contributed by atoms with E-state index in [-0.39, 0.29) is 11.9 Å². The lowest BCUT2D eigenvalue weighted by atomic mass is 9.84. The van der Waals surface area contributed by atoms with Gasteiger partial charge in [0.25, 0.3) is 11.9 Å². The molecule has 1 atom stereocenters. The average molecular weight is 356 g/mol. The Bertz CT molecular complexity index is 806. The van der Waals surface area contributed by atoms with Gasteiger partial charge < -0.3 is 24.3 Å². The largest absolute Gasteiger partial charge is 0.423 e. The van der Waals surface area contributed by atoms with Crippen LogP contribution in [-0.2, 0) is 4.74 Å². The molecule has 2 aromatic rings. The lowest BCUT2D eigenvalue weighted by Crippen LogP contribution is -2.57. The van der Waals surface area contributed by atoms with Gasteiger partial charge in [0.2, 0.25) is 0 Å². The van der Waals surface area contributed by atoms with Crippen LogP contribution in [0, 0.1) is 5.92 Å². The normalized spacial score (nSPS) is 28.5. The van der Waals surface area contributed by atoms with Crippen LogP contribution in [-0.4, -0.2) is 67.8 Å². The first-order chi connectivity index (χ1) is 12.8. The molecule has 2 bridgehead atoms. The van der Waals surface area contributed by atoms with E-state index < -0.39 is 0 Å². The highest BCUT2D eigenvalue weighted by molar-refractivity contribution is 6.04. The number of hydrogen-bond acceptors (Lipinski definition) is 6. The van der Waals surface area contributed by atoms with Crippen molar-refractivity contribution in [2.24, 2.45) is 5.92 Å². The third-order valence-corrected chi connectivity index (χ3v) is 5.91. The molecule has 0 spiro atoms. The van der Waals surface area contributed by atoms with E-state index in [0.29, 0.717) is 41.8 Å². The van der Waals surface area contributed by atoms with E-state index in [1.807, 2.05) is 18.2 Å². The van der Waals surface area contributed by atoms with Gasteiger partial charge in [-0.2, -0.15) is 4.98 Å². The summed E-state index contributed by atoms with van der Waals surface area (Å²) in [5, 5.41) is 3.25. The van der Waals surface area contributed by atoms with Gasteiger partial charge in [0.15, 0.2) is 5.58 Å². The summed E-state index contributed by atoms with van der Waals surface area (Å²) < 4.78 is 11.3. The zero-order chi connectivity index (χ0) is 17.5. The Balaban J connectivity index is 1.39. The second-order valence-corrected chi connectivity index (χ2v) is 7.47. The third kappa shape index (κ3) is 2.85. The number of morpholine rings is 1. The minimum Gasteiger partial charge on any atom is -0.423 e. The molecular formula is C19H24N4O3. The predicted molar refractivity (Wildman–Crippen MR) is 97.5 cm³/mol. The number of oxazole rings is 1. The third-order valence-electron chi connectivity index (χ3n) is 5.91. The summed E-state index contributed by atoms with van der Waals surface area (Å²) in [7, 11) is 0. The van der Waals surface area contributed by atoms with Crippen molar-refractivity contribution in [2.75, 3.05) is 50.8 Å². The van der Waals surface area contributed by atoms with Gasteiger partial charge in [0.05, 0.1) is 18.8 Å². The molecule has 26 heavy (non-hydrogen) atoms. The van der Waals surface area contributed by atoms with Gasteiger partial charge in [0.1, 0.15) is 5.52 Å². The summed E-state index contributed by atoms with van der Waals surface area (Å²) in [6.07, 6.45) is 2.36. The number of piperidine rings is 3. The fourth-order valence-corrected chi connectivity index (χ4v) is 4.38. The number of rotatable bonds is 3. The number of hydrogen-bond donors (Lipinski definition) is 1. The van der Waals surface area contributed by atoms with Crippen LogP contribution in [0.25, 0.3) is 11.1 Å². The zero-order valence-corrected chi connectivity index (χ0v) is 14.8. The smallest absolute Gasteiger partial charge is 0.298 e. The van der Waals surface area contributed by atoms with Gasteiger partial charge in [-0.05, 0) is 44.0 Å². The van der Waals surface area contributed by atoms with Crippen molar-refractivity contribution in [3.63, 3.8) is 0 Å². The monoisotopic (exact) mass is 356 g/mol. The molecule has 4 aliphatic rings. The molecule has 0 aliphatic carbocycles. The van der Waals surface area contributed by atoms with E-state index in [9.17, 15) is 4.79 Å². The number of benzene rings is 1. The highest BCUT2D eigenvalue weighted by Crippen LogP contribution is 2.29. The molecule has 7 heteroatoms. The first-order valence-electron chi connectivity index (χ1n) is 9.53. The number of para-hydroxylation sites is 1. The lowest BCUT2D eigenvalue weighted by Gasteiger charge is -2.44. The number of nitrogens with zero attached hydrogens (tertiary/aromatic N) is 3. The highest BCUT2D eigenvalue weighted by atomic mass is 16.5. The molecular weight excluding hydrogens is 332 g/mol. The van der Waals surface area contributed by atoms with Crippen molar-refractivity contribution in [1.82, 2.24) is 15.2 Å². The van der Waals surface area contributed by atoms with Gasteiger partial charge in [0, 0.05) is 25.7 Å². The van der Waals surface area contributed by atoms with Crippen molar-refractivity contribution in [2.45, 2.75) is 18.9 Å². The molecule has 5 heterocycles. The summed E-state index contributed by atoms with van der Waals surface area (Å²) in [5.41, 5.74) is 1.91. The van der Waals surface area contributed by atoms with Crippen LogP contribution >= 0.6 is 0 Å². The minimum absolute atomic E-state index is 0.0452. The number of carbonyl (C=O) groups excluding carboxylic acids is 1. The first kappa shape index (κ1) is 16.1. The molecule has 0 saturated carbocycles. The van der Waals surface area contributed by atoms with Crippen molar-refractivity contribution in [3.8, 4) is 0 Å². The van der Waals surface area contributed by atoms with Crippen molar-refractivity contribution in [3.05, 3.63) is 23.8 Å². The molecule has 7 nitrogen and oxygen atoms in total. The second-order valence-electron chi connectivity index (χ2n) is 7.47. The van der Waals surface area contributed by atoms with Gasteiger partial charge in [-0.1, -0.05) is 6.07 Å². The molecule has 4 saturated heterocycles. The minimum atomic E-state index is -0.0452. The molecule has 1 aromatic carbocycles. The van der Waals surface area contributed by atoms with Gasteiger partial charge in [-0.15, -0.1) is 0 Å². The number of nitrogens with one attached hydrogen (secondary N) is 1. The summed E-state index contributed by atoms with van der Waals surface area (Å²) in [6, 6.07) is 6.39. The van der Waals surface area contributed by atoms with Crippen LogP contribution in [0.4, 0.5) is 6.01 Å². The average Bonchev–Trinajstić information content (AvgIpc) is 3.14. The van der Waals surface area contributed by atoms with E-state index in [1.54, 1.807) is 0 Å². The Morgan fingerprint density at radius 2 is 1.96 bits per heavy atom. The van der Waals surface area contributed by atoms with Crippen LogP contribution in [0.2, 0.25) is 0 Å². The molecule has 138 valence electrons. The van der Waals surface area contributed by atoms with Crippen LogP contribution in [0.5, 0.6) is 0 Å². The van der Waals surface area contributed by atoms with E-state index in [0.717, 1.165) is 19.6 Å². The Kier molecular flexibility index (Phi) is 4.05. The van der Waals surface area contributed by atoms with Crippen LogP contribution < -0.4 is 10.2 Å². The number of carbonyl (C=O) groups is 1. The maximum Gasteiger partial charge on any atom is 0.298 e. The maximum atomic E-state index is 12.9. The number of amides is 1. The topological polar surface area (TPSA) is 70.8 Å². The van der Waals surface area contributed by atoms with E-state index in [4.69, 9.17) is 9.15 Å². The standard InChI is InChI=1S/C19H24N4O3/c24-18(20-15-12-22-6-4-13(15)5-7-22)14-2-1-3-16-17(14)21-19(26-16)23-8-10-25-11-9-23/h1-3,13,15H,4-12H2,(H,20,24). The summed E-state index contributed by atoms with van der Waals surface area (Å²) in [4.78, 5) is 22.1. The van der Waals surface area contributed by atoms with Crippen LogP contribution in [0.15, 0.2) is 22.6 Å². The van der Waals surface area contributed by atoms with E-state index in [1.165, 1.54) is 25.9 Å². The molecule has 6 rings (SSSR count). The van der Waals surface area contributed by atoms with Gasteiger partial charge >= 0.3 is 0 Å². The zero-order valence-electron chi connectivity index (χ0n) is 14.8. The van der Waals surface area contributed by atoms with Crippen molar-refractivity contribution < 1.29 is 13.9 Å². The Labute approximate surface area is 152 Å². The Morgan fingerprint density at radius 3 is 2.69 bits per heavy atom. The maximum absolute atomic E-state index is 12.9.